The predicted molar refractivity (Wildman–Crippen MR) is 89.9 cm³/mol. The van der Waals surface area contributed by atoms with E-state index in [1.54, 1.807) is 43.4 Å². The van der Waals surface area contributed by atoms with Gasteiger partial charge in [0, 0.05) is 12.7 Å². The summed E-state index contributed by atoms with van der Waals surface area (Å²) in [6.45, 7) is 3.06. The van der Waals surface area contributed by atoms with Gasteiger partial charge in [-0.2, -0.15) is 0 Å². The van der Waals surface area contributed by atoms with Crippen LogP contribution in [0.5, 0.6) is 0 Å². The highest BCUT2D eigenvalue weighted by molar-refractivity contribution is 6.34. The van der Waals surface area contributed by atoms with Crippen LogP contribution in [0.1, 0.15) is 34.6 Å². The molecule has 0 unspecified atom stereocenters. The predicted octanol–water partition coefficient (Wildman–Crippen LogP) is 3.12. The summed E-state index contributed by atoms with van der Waals surface area (Å²) < 4.78 is 0. The molecular formula is C18H18N2O3. The number of benzene rings is 2. The molecule has 0 fully saturated rings. The molecule has 5 nitrogen and oxygen atoms in total. The topological polar surface area (TPSA) is 66.5 Å². The monoisotopic (exact) mass is 310 g/mol. The van der Waals surface area contributed by atoms with Gasteiger partial charge in [-0.1, -0.05) is 18.2 Å². The summed E-state index contributed by atoms with van der Waals surface area (Å²) in [5.41, 5.74) is 2.36. The van der Waals surface area contributed by atoms with E-state index >= 15 is 0 Å². The van der Waals surface area contributed by atoms with Gasteiger partial charge in [0.15, 0.2) is 0 Å². The lowest BCUT2D eigenvalue weighted by molar-refractivity contribution is -0.115. The van der Waals surface area contributed by atoms with Crippen molar-refractivity contribution < 1.29 is 14.4 Å². The molecule has 0 saturated carbocycles. The minimum Gasteiger partial charge on any atom is -0.388 e. The Morgan fingerprint density at radius 3 is 1.91 bits per heavy atom. The molecule has 0 saturated heterocycles. The van der Waals surface area contributed by atoms with E-state index in [0.29, 0.717) is 16.8 Å². The van der Waals surface area contributed by atoms with E-state index in [1.807, 2.05) is 12.1 Å². The van der Waals surface area contributed by atoms with Gasteiger partial charge < -0.3 is 10.1 Å². The van der Waals surface area contributed by atoms with Crippen LogP contribution in [-0.4, -0.2) is 24.6 Å². The van der Waals surface area contributed by atoms with Crippen LogP contribution >= 0.6 is 0 Å². The van der Waals surface area contributed by atoms with Gasteiger partial charge in [-0.15, -0.1) is 0 Å². The standard InChI is InChI=1S/C15H12N2O2.C3H6O/c1-16-10-5-4-6-11(9-10)17-14(18)12-7-2-3-8-13(12)15(17)19;1-3(2)4/h2-9,16H,1H3;1-2H3. The molecule has 23 heavy (non-hydrogen) atoms. The molecule has 1 aliphatic heterocycles. The van der Waals surface area contributed by atoms with Gasteiger partial charge in [0.2, 0.25) is 0 Å². The van der Waals surface area contributed by atoms with E-state index in [-0.39, 0.29) is 17.6 Å². The number of carbonyl (C=O) groups excluding carboxylic acids is 3. The van der Waals surface area contributed by atoms with Crippen LogP contribution in [0.3, 0.4) is 0 Å². The van der Waals surface area contributed by atoms with Crippen molar-refractivity contribution in [1.29, 1.82) is 0 Å². The highest BCUT2D eigenvalue weighted by atomic mass is 16.2. The number of fused-ring (bicyclic) bond motifs is 1. The number of imide groups is 1. The third-order valence-electron chi connectivity index (χ3n) is 3.19. The number of Topliss-reactive ketones (excluding diaryl/α,β-unsaturated/α-hetero) is 1. The molecule has 0 aliphatic carbocycles. The Kier molecular flexibility index (Phi) is 4.91. The lowest BCUT2D eigenvalue weighted by Gasteiger charge is -2.14. The Bertz CT molecular complexity index is 729. The quantitative estimate of drug-likeness (QED) is 0.865. The summed E-state index contributed by atoms with van der Waals surface area (Å²) in [5.74, 6) is -0.372. The van der Waals surface area contributed by atoms with Crippen LogP contribution in [0.4, 0.5) is 11.4 Å². The molecule has 2 aromatic carbocycles. The Morgan fingerprint density at radius 2 is 1.43 bits per heavy atom. The van der Waals surface area contributed by atoms with E-state index in [0.717, 1.165) is 5.69 Å². The van der Waals surface area contributed by atoms with Gasteiger partial charge in [-0.05, 0) is 44.2 Å². The van der Waals surface area contributed by atoms with Crippen LogP contribution in [0, 0.1) is 0 Å². The first-order valence-corrected chi connectivity index (χ1v) is 7.18. The van der Waals surface area contributed by atoms with Gasteiger partial charge in [-0.25, -0.2) is 4.90 Å². The average molecular weight is 310 g/mol. The summed E-state index contributed by atoms with van der Waals surface area (Å²) >= 11 is 0. The van der Waals surface area contributed by atoms with Crippen molar-refractivity contribution in [2.45, 2.75) is 13.8 Å². The number of hydrogen-bond donors (Lipinski definition) is 1. The highest BCUT2D eigenvalue weighted by Crippen LogP contribution is 2.29. The van der Waals surface area contributed by atoms with Crippen molar-refractivity contribution >= 4 is 29.0 Å². The fourth-order valence-electron chi connectivity index (χ4n) is 2.22. The third-order valence-corrected chi connectivity index (χ3v) is 3.19. The smallest absolute Gasteiger partial charge is 0.266 e. The van der Waals surface area contributed by atoms with Gasteiger partial charge in [0.1, 0.15) is 5.78 Å². The van der Waals surface area contributed by atoms with Gasteiger partial charge >= 0.3 is 0 Å². The Hall–Kier alpha value is -2.95. The van der Waals surface area contributed by atoms with E-state index in [4.69, 9.17) is 0 Å². The van der Waals surface area contributed by atoms with Gasteiger partial charge in [0.05, 0.1) is 16.8 Å². The normalized spacial score (nSPS) is 12.4. The minimum atomic E-state index is -0.270. The van der Waals surface area contributed by atoms with Crippen LogP contribution in [0.15, 0.2) is 48.5 Å². The lowest BCUT2D eigenvalue weighted by atomic mass is 10.1. The maximum atomic E-state index is 12.3. The summed E-state index contributed by atoms with van der Waals surface area (Å²) in [6, 6.07) is 14.1. The van der Waals surface area contributed by atoms with E-state index < -0.39 is 0 Å². The minimum absolute atomic E-state index is 0.167. The van der Waals surface area contributed by atoms with Crippen LogP contribution in [0.25, 0.3) is 0 Å². The number of rotatable bonds is 2. The molecule has 1 N–H and O–H groups in total. The summed E-state index contributed by atoms with van der Waals surface area (Å²) in [4.78, 5) is 35.2. The van der Waals surface area contributed by atoms with Gasteiger partial charge in [-0.3, -0.25) is 9.59 Å². The average Bonchev–Trinajstić information content (AvgIpc) is 2.79. The van der Waals surface area contributed by atoms with E-state index in [2.05, 4.69) is 5.32 Å². The second-order valence-electron chi connectivity index (χ2n) is 5.20. The van der Waals surface area contributed by atoms with E-state index in [1.165, 1.54) is 18.7 Å². The van der Waals surface area contributed by atoms with Crippen molar-refractivity contribution in [3.05, 3.63) is 59.7 Å². The second kappa shape index (κ2) is 6.87. The Labute approximate surface area is 134 Å². The zero-order chi connectivity index (χ0) is 17.0. The molecule has 0 atom stereocenters. The number of nitrogens with zero attached hydrogens (tertiary/aromatic N) is 1. The molecule has 2 amide bonds. The molecule has 0 spiro atoms. The van der Waals surface area contributed by atoms with Crippen molar-refractivity contribution in [3.63, 3.8) is 0 Å². The molecule has 0 radical (unpaired) electrons. The Morgan fingerprint density at radius 1 is 0.913 bits per heavy atom. The molecule has 118 valence electrons. The molecule has 2 aromatic rings. The largest absolute Gasteiger partial charge is 0.388 e. The first-order chi connectivity index (χ1) is 11.0. The number of ketones is 1. The second-order valence-corrected chi connectivity index (χ2v) is 5.20. The Balaban J connectivity index is 0.000000433. The molecule has 5 heteroatoms. The zero-order valence-electron chi connectivity index (χ0n) is 13.3. The molecule has 3 rings (SSSR count). The first-order valence-electron chi connectivity index (χ1n) is 7.18. The zero-order valence-corrected chi connectivity index (χ0v) is 13.3. The summed E-state index contributed by atoms with van der Waals surface area (Å²) in [6.07, 6.45) is 0. The maximum Gasteiger partial charge on any atom is 0.266 e. The fourth-order valence-corrected chi connectivity index (χ4v) is 2.22. The molecule has 0 aromatic heterocycles. The highest BCUT2D eigenvalue weighted by Gasteiger charge is 2.36. The van der Waals surface area contributed by atoms with Crippen molar-refractivity contribution in [2.24, 2.45) is 0 Å². The van der Waals surface area contributed by atoms with Crippen LogP contribution in [-0.2, 0) is 4.79 Å². The lowest BCUT2D eigenvalue weighted by Crippen LogP contribution is -2.29. The summed E-state index contributed by atoms with van der Waals surface area (Å²) in [5, 5.41) is 2.99. The number of carbonyl (C=O) groups is 3. The van der Waals surface area contributed by atoms with E-state index in [9.17, 15) is 14.4 Å². The number of hydrogen-bond acceptors (Lipinski definition) is 4. The van der Waals surface area contributed by atoms with Crippen LogP contribution in [0.2, 0.25) is 0 Å². The molecule has 0 bridgehead atoms. The van der Waals surface area contributed by atoms with Crippen LogP contribution < -0.4 is 10.2 Å². The first kappa shape index (κ1) is 16.4. The summed E-state index contributed by atoms with van der Waals surface area (Å²) in [7, 11) is 1.79. The SMILES string of the molecule is CC(C)=O.CNc1cccc(N2C(=O)c3ccccc3C2=O)c1. The van der Waals surface area contributed by atoms with Gasteiger partial charge in [0.25, 0.3) is 11.8 Å². The van der Waals surface area contributed by atoms with Crippen molar-refractivity contribution in [1.82, 2.24) is 0 Å². The third kappa shape index (κ3) is 3.45. The number of amides is 2. The molecule has 1 heterocycles. The molecular weight excluding hydrogens is 292 g/mol. The van der Waals surface area contributed by atoms with Crippen molar-refractivity contribution in [2.75, 3.05) is 17.3 Å². The molecule has 1 aliphatic rings. The fraction of sp³-hybridized carbons (Fsp3) is 0.167. The maximum absolute atomic E-state index is 12.3. The number of anilines is 2. The number of nitrogens with one attached hydrogen (secondary N) is 1. The van der Waals surface area contributed by atoms with Crippen molar-refractivity contribution in [3.8, 4) is 0 Å².